The maximum Gasteiger partial charge on any atom is 0.337 e. The van der Waals surface area contributed by atoms with E-state index in [1.54, 1.807) is 0 Å². The summed E-state index contributed by atoms with van der Waals surface area (Å²) in [6.07, 6.45) is -21.0. The second kappa shape index (κ2) is 19.3. The van der Waals surface area contributed by atoms with Gasteiger partial charge < -0.3 is 94.4 Å². The lowest BCUT2D eigenvalue weighted by Crippen LogP contribution is -2.70. The highest BCUT2D eigenvalue weighted by Crippen LogP contribution is 2.76. The molecule has 0 spiro atoms. The summed E-state index contributed by atoms with van der Waals surface area (Å²) in [5.41, 5.74) is -2.56. The molecule has 0 unspecified atom stereocenters. The summed E-state index contributed by atoms with van der Waals surface area (Å²) in [7, 11) is 1.04. The van der Waals surface area contributed by atoms with Crippen molar-refractivity contribution in [2.75, 3.05) is 26.9 Å². The lowest BCUT2D eigenvalue weighted by molar-refractivity contribution is -0.369. The number of aliphatic hydroxyl groups excluding tert-OH is 12. The van der Waals surface area contributed by atoms with Crippen molar-refractivity contribution in [3.8, 4) is 0 Å². The number of ether oxygens (including phenoxy) is 7. The minimum atomic E-state index is -1.99. The number of esters is 2. The molecule has 8 aliphatic rings. The number of rotatable bonds is 10. The van der Waals surface area contributed by atoms with Gasteiger partial charge in [0, 0.05) is 5.41 Å². The molecule has 0 aromatic heterocycles. The zero-order valence-electron chi connectivity index (χ0n) is 41.2. The molecule has 400 valence electrons. The standard InChI is InChI=1S/C49H78O21/c1-44(2)12-14-49(43(63)70-41-34(60)31(57)29(55)25(19-51)66-41)15-13-47(5)21(22(49)16-44)8-9-27-45(3)17-23(53)38(46(4,20-52)26(45)10-11-48(27,47)6)69-42-35(61)32(58)36(37(68-42)39(62)64-7)67-40-33(59)30(56)28(54)24(18-50)65-40/h8,22-38,40-42,50-61H,9-20H2,1-7H3/t22-,23+,24-,25-,26-,27-,28+,29-,30+,31+,32-,33-,34-,35-,36+,37+,38+,40+,41+,42+,45+,46+,47-,48-,49+/m1/s1. The Morgan fingerprint density at radius 2 is 1.23 bits per heavy atom. The Labute approximate surface area is 407 Å². The van der Waals surface area contributed by atoms with Gasteiger partial charge in [0.15, 0.2) is 18.7 Å². The highest BCUT2D eigenvalue weighted by Gasteiger charge is 2.72. The van der Waals surface area contributed by atoms with E-state index < -0.39 is 158 Å². The molecular formula is C49H78O21. The van der Waals surface area contributed by atoms with Gasteiger partial charge in [-0.3, -0.25) is 4.79 Å². The Balaban J connectivity index is 1.05. The Kier molecular flexibility index (Phi) is 15.0. The van der Waals surface area contributed by atoms with E-state index in [0.29, 0.717) is 44.9 Å². The van der Waals surface area contributed by atoms with Crippen LogP contribution in [0.2, 0.25) is 0 Å². The number of carbonyl (C=O) groups is 2. The van der Waals surface area contributed by atoms with Gasteiger partial charge in [-0.25, -0.2) is 4.79 Å². The molecule has 3 aliphatic heterocycles. The molecule has 8 rings (SSSR count). The molecule has 0 amide bonds. The van der Waals surface area contributed by atoms with Crippen molar-refractivity contribution in [2.24, 2.45) is 50.2 Å². The van der Waals surface area contributed by atoms with E-state index in [-0.39, 0.29) is 35.0 Å². The van der Waals surface area contributed by atoms with Crippen molar-refractivity contribution < 1.29 is 104 Å². The summed E-state index contributed by atoms with van der Waals surface area (Å²) in [4.78, 5) is 27.9. The van der Waals surface area contributed by atoms with E-state index in [9.17, 15) is 70.9 Å². The SMILES string of the molecule is COC(=O)[C@H]1O[C@@H](O[C@H]2[C@@H](O)C[C@@]3(C)[C@@H](CC[C@]4(C)[C@@H]3CC=C3[C@H]5CC(C)(C)CC[C@]5(C(=O)O[C@@H]5O[C@H](CO)[C@@H](O)[C@H](O)[C@H]5O)CC[C@]34C)[C@]2(C)CO)[C@H](O)[C@@H](O)[C@@H]1O[C@@H]1O[C@H](CO)[C@H](O)[C@H](O)[C@H]1O. The number of hydrogen-bond donors (Lipinski definition) is 12. The molecule has 0 aromatic rings. The van der Waals surface area contributed by atoms with Crippen LogP contribution in [-0.2, 0) is 42.7 Å². The first-order chi connectivity index (χ1) is 32.7. The van der Waals surface area contributed by atoms with Gasteiger partial charge in [0.25, 0.3) is 0 Å². The van der Waals surface area contributed by atoms with Gasteiger partial charge in [0.2, 0.25) is 6.29 Å². The average Bonchev–Trinajstić information content (AvgIpc) is 3.32. The Morgan fingerprint density at radius 3 is 1.83 bits per heavy atom. The molecule has 12 N–H and O–H groups in total. The summed E-state index contributed by atoms with van der Waals surface area (Å²) in [5, 5.41) is 129. The van der Waals surface area contributed by atoms with Crippen LogP contribution < -0.4 is 0 Å². The Hall–Kier alpha value is -2.00. The van der Waals surface area contributed by atoms with Gasteiger partial charge in [-0.05, 0) is 97.2 Å². The van der Waals surface area contributed by atoms with E-state index in [1.807, 2.05) is 6.92 Å². The minimum absolute atomic E-state index is 0.0403. The fourth-order valence-electron chi connectivity index (χ4n) is 15.3. The zero-order chi connectivity index (χ0) is 51.4. The van der Waals surface area contributed by atoms with E-state index in [1.165, 1.54) is 0 Å². The molecule has 0 radical (unpaired) electrons. The number of aliphatic hydroxyl groups is 12. The van der Waals surface area contributed by atoms with E-state index in [0.717, 1.165) is 19.1 Å². The van der Waals surface area contributed by atoms with Crippen LogP contribution in [0, 0.1) is 50.2 Å². The molecule has 5 aliphatic carbocycles. The van der Waals surface area contributed by atoms with Gasteiger partial charge in [0.05, 0.1) is 44.6 Å². The van der Waals surface area contributed by atoms with Crippen molar-refractivity contribution in [1.29, 1.82) is 0 Å². The van der Waals surface area contributed by atoms with Gasteiger partial charge in [-0.2, -0.15) is 0 Å². The Morgan fingerprint density at radius 1 is 0.657 bits per heavy atom. The molecule has 4 saturated carbocycles. The number of carbonyl (C=O) groups excluding carboxylic acids is 2. The molecule has 21 heteroatoms. The fourth-order valence-corrected chi connectivity index (χ4v) is 15.3. The fraction of sp³-hybridized carbons (Fsp3) is 0.918. The quantitative estimate of drug-likeness (QED) is 0.0657. The third-order valence-corrected chi connectivity index (χ3v) is 19.6. The summed E-state index contributed by atoms with van der Waals surface area (Å²) in [5.74, 6) is -2.20. The molecular weight excluding hydrogens is 925 g/mol. The van der Waals surface area contributed by atoms with Crippen LogP contribution in [-0.4, -0.2) is 204 Å². The average molecular weight is 1000 g/mol. The van der Waals surface area contributed by atoms with Crippen molar-refractivity contribution in [1.82, 2.24) is 0 Å². The monoisotopic (exact) mass is 1000 g/mol. The highest BCUT2D eigenvalue weighted by molar-refractivity contribution is 5.79. The molecule has 21 nitrogen and oxygen atoms in total. The molecule has 3 heterocycles. The van der Waals surface area contributed by atoms with Crippen LogP contribution in [0.4, 0.5) is 0 Å². The predicted octanol–water partition coefficient (Wildman–Crippen LogP) is -1.74. The van der Waals surface area contributed by atoms with Crippen LogP contribution in [0.25, 0.3) is 0 Å². The lowest BCUT2D eigenvalue weighted by Gasteiger charge is -2.72. The van der Waals surface area contributed by atoms with E-state index >= 15 is 0 Å². The third kappa shape index (κ3) is 8.33. The number of hydrogen-bond acceptors (Lipinski definition) is 21. The van der Waals surface area contributed by atoms with Gasteiger partial charge in [0.1, 0.15) is 67.1 Å². The van der Waals surface area contributed by atoms with Crippen molar-refractivity contribution >= 4 is 11.9 Å². The van der Waals surface area contributed by atoms with Gasteiger partial charge in [-0.1, -0.05) is 53.2 Å². The van der Waals surface area contributed by atoms with Gasteiger partial charge >= 0.3 is 11.9 Å². The topological polar surface area (TPSA) is 342 Å². The predicted molar refractivity (Wildman–Crippen MR) is 238 cm³/mol. The third-order valence-electron chi connectivity index (χ3n) is 19.6. The lowest BCUT2D eigenvalue weighted by atomic mass is 9.33. The molecule has 0 aromatic carbocycles. The van der Waals surface area contributed by atoms with Crippen LogP contribution in [0.3, 0.4) is 0 Å². The van der Waals surface area contributed by atoms with Crippen LogP contribution in [0.15, 0.2) is 11.6 Å². The summed E-state index contributed by atoms with van der Waals surface area (Å²) in [6.45, 7) is 11.0. The first kappa shape index (κ1) is 54.3. The summed E-state index contributed by atoms with van der Waals surface area (Å²) >= 11 is 0. The highest BCUT2D eigenvalue weighted by atomic mass is 16.8. The molecule has 0 bridgehead atoms. The first-order valence-electron chi connectivity index (χ1n) is 25.0. The van der Waals surface area contributed by atoms with Crippen molar-refractivity contribution in [2.45, 2.75) is 204 Å². The summed E-state index contributed by atoms with van der Waals surface area (Å²) in [6, 6.07) is 0. The van der Waals surface area contributed by atoms with E-state index in [4.69, 9.17) is 33.2 Å². The van der Waals surface area contributed by atoms with Crippen LogP contribution in [0.5, 0.6) is 0 Å². The largest absolute Gasteiger partial charge is 0.467 e. The number of methoxy groups -OCH3 is 1. The molecule has 70 heavy (non-hydrogen) atoms. The Bertz CT molecular complexity index is 1950. The second-order valence-corrected chi connectivity index (χ2v) is 23.7. The smallest absolute Gasteiger partial charge is 0.337 e. The van der Waals surface area contributed by atoms with E-state index in [2.05, 4.69) is 40.7 Å². The van der Waals surface area contributed by atoms with Gasteiger partial charge in [-0.15, -0.1) is 0 Å². The molecule has 25 atom stereocenters. The molecule has 7 fully saturated rings. The number of fused-ring (bicyclic) bond motifs is 7. The van der Waals surface area contributed by atoms with Crippen LogP contribution in [0.1, 0.15) is 99.3 Å². The first-order valence-corrected chi connectivity index (χ1v) is 25.0. The normalized spacial score (nSPS) is 53.3. The number of allylic oxidation sites excluding steroid dienone is 2. The maximum atomic E-state index is 14.7. The maximum absolute atomic E-state index is 14.7. The summed E-state index contributed by atoms with van der Waals surface area (Å²) < 4.78 is 40.1. The van der Waals surface area contributed by atoms with Crippen molar-refractivity contribution in [3.05, 3.63) is 11.6 Å². The molecule has 3 saturated heterocycles. The van der Waals surface area contributed by atoms with Crippen molar-refractivity contribution in [3.63, 3.8) is 0 Å². The minimum Gasteiger partial charge on any atom is -0.467 e. The van der Waals surface area contributed by atoms with Crippen LogP contribution >= 0.6 is 0 Å². The zero-order valence-corrected chi connectivity index (χ0v) is 41.2. The second-order valence-electron chi connectivity index (χ2n) is 23.7.